The van der Waals surface area contributed by atoms with Crippen LogP contribution >= 0.6 is 12.4 Å². The highest BCUT2D eigenvalue weighted by Crippen LogP contribution is 2.18. The normalized spacial score (nSPS) is 13.1. The average molecular weight is 204 g/mol. The van der Waals surface area contributed by atoms with Gasteiger partial charge in [-0.15, -0.1) is 12.4 Å². The van der Waals surface area contributed by atoms with Crippen LogP contribution in [0.4, 0.5) is 8.78 Å². The third kappa shape index (κ3) is 6.30. The molecule has 0 bridgehead atoms. The minimum Gasteiger partial charge on any atom is -0.468 e. The molecule has 0 fully saturated rings. The van der Waals surface area contributed by atoms with E-state index in [2.05, 4.69) is 4.74 Å². The minimum atomic E-state index is -2.92. The minimum absolute atomic E-state index is 0. The summed E-state index contributed by atoms with van der Waals surface area (Å²) in [5.74, 6) is -3.74. The van der Waals surface area contributed by atoms with Gasteiger partial charge in [0.05, 0.1) is 7.11 Å². The molecule has 74 valence electrons. The molecule has 0 aliphatic carbocycles. The summed E-state index contributed by atoms with van der Waals surface area (Å²) >= 11 is 0. The number of carbonyl (C=O) groups excluding carboxylic acids is 1. The Balaban J connectivity index is 0. The van der Waals surface area contributed by atoms with E-state index >= 15 is 0 Å². The second kappa shape index (κ2) is 5.27. The Labute approximate surface area is 75.7 Å². The highest BCUT2D eigenvalue weighted by atomic mass is 35.5. The molecular formula is C6H12ClF2NO2. The molecular weight excluding hydrogens is 192 g/mol. The van der Waals surface area contributed by atoms with Crippen LogP contribution in [0.15, 0.2) is 0 Å². The van der Waals surface area contributed by atoms with Crippen LogP contribution in [0.25, 0.3) is 0 Å². The van der Waals surface area contributed by atoms with E-state index in [1.165, 1.54) is 0 Å². The van der Waals surface area contributed by atoms with Crippen molar-refractivity contribution in [3.8, 4) is 0 Å². The molecule has 6 heteroatoms. The van der Waals surface area contributed by atoms with E-state index in [1.54, 1.807) is 0 Å². The molecule has 12 heavy (non-hydrogen) atoms. The van der Waals surface area contributed by atoms with Crippen molar-refractivity contribution >= 4 is 18.4 Å². The van der Waals surface area contributed by atoms with Crippen LogP contribution in [0.3, 0.4) is 0 Å². The lowest BCUT2D eigenvalue weighted by Gasteiger charge is -2.13. The maximum absolute atomic E-state index is 12.2. The molecule has 0 aromatic rings. The number of esters is 1. The zero-order chi connectivity index (χ0) is 9.07. The fraction of sp³-hybridized carbons (Fsp3) is 0.833. The van der Waals surface area contributed by atoms with Crippen molar-refractivity contribution < 1.29 is 18.3 Å². The lowest BCUT2D eigenvalue weighted by molar-refractivity contribution is -0.144. The summed E-state index contributed by atoms with van der Waals surface area (Å²) < 4.78 is 28.5. The fourth-order valence-corrected chi connectivity index (χ4v) is 0.621. The van der Waals surface area contributed by atoms with E-state index in [4.69, 9.17) is 5.73 Å². The summed E-state index contributed by atoms with van der Waals surface area (Å²) in [5, 5.41) is 0. The summed E-state index contributed by atoms with van der Waals surface area (Å²) in [7, 11) is 1.11. The maximum atomic E-state index is 12.2. The van der Waals surface area contributed by atoms with Gasteiger partial charge < -0.3 is 10.5 Å². The highest BCUT2D eigenvalue weighted by Gasteiger charge is 2.28. The number of rotatable bonds is 3. The summed E-state index contributed by atoms with van der Waals surface area (Å²) in [4.78, 5) is 10.5. The molecule has 0 radical (unpaired) electrons. The molecule has 0 aliphatic rings. The first kappa shape index (κ1) is 14.1. The van der Waals surface area contributed by atoms with Crippen molar-refractivity contribution in [3.63, 3.8) is 0 Å². The lowest BCUT2D eigenvalue weighted by atomic mass is 10.1. The largest absolute Gasteiger partial charge is 0.468 e. The summed E-state index contributed by atoms with van der Waals surface area (Å²) in [6, 6.07) is -1.24. The predicted molar refractivity (Wildman–Crippen MR) is 42.5 cm³/mol. The van der Waals surface area contributed by atoms with E-state index in [1.807, 2.05) is 0 Å². The molecule has 0 aromatic carbocycles. The van der Waals surface area contributed by atoms with Crippen molar-refractivity contribution in [3.05, 3.63) is 0 Å². The van der Waals surface area contributed by atoms with Crippen LogP contribution in [-0.2, 0) is 9.53 Å². The van der Waals surface area contributed by atoms with Gasteiger partial charge in [-0.2, -0.15) is 0 Å². The molecule has 0 aliphatic heterocycles. The van der Waals surface area contributed by atoms with Gasteiger partial charge in [-0.3, -0.25) is 4.79 Å². The number of alkyl halides is 2. The fourth-order valence-electron chi connectivity index (χ4n) is 0.621. The second-order valence-corrected chi connectivity index (χ2v) is 2.40. The van der Waals surface area contributed by atoms with Crippen LogP contribution in [0, 0.1) is 0 Å². The Morgan fingerprint density at radius 2 is 2.08 bits per heavy atom. The Morgan fingerprint density at radius 1 is 1.67 bits per heavy atom. The Bertz CT molecular complexity index is 149. The Morgan fingerprint density at radius 3 is 2.33 bits per heavy atom. The van der Waals surface area contributed by atoms with Crippen LogP contribution in [0.5, 0.6) is 0 Å². The van der Waals surface area contributed by atoms with E-state index in [0.29, 0.717) is 6.92 Å². The van der Waals surface area contributed by atoms with Crippen LogP contribution < -0.4 is 5.73 Å². The Hall–Kier alpha value is -0.420. The lowest BCUT2D eigenvalue weighted by Crippen LogP contribution is -2.36. The number of halogens is 3. The van der Waals surface area contributed by atoms with E-state index in [0.717, 1.165) is 7.11 Å². The zero-order valence-corrected chi connectivity index (χ0v) is 7.66. The summed E-state index contributed by atoms with van der Waals surface area (Å²) in [6.45, 7) is 0.704. The smallest absolute Gasteiger partial charge is 0.322 e. The summed E-state index contributed by atoms with van der Waals surface area (Å²) in [6.07, 6.45) is -0.681. The average Bonchev–Trinajstić information content (AvgIpc) is 1.82. The second-order valence-electron chi connectivity index (χ2n) is 2.40. The third-order valence-electron chi connectivity index (χ3n) is 1.08. The standard InChI is InChI=1S/C6H11F2NO2.ClH/c1-6(7,8)3-4(9)5(10)11-2;/h4H,3,9H2,1-2H3;1H. The van der Waals surface area contributed by atoms with Crippen molar-refractivity contribution in [2.45, 2.75) is 25.3 Å². The van der Waals surface area contributed by atoms with E-state index in [-0.39, 0.29) is 12.4 Å². The molecule has 0 saturated heterocycles. The topological polar surface area (TPSA) is 52.3 Å². The van der Waals surface area contributed by atoms with Gasteiger partial charge >= 0.3 is 5.97 Å². The maximum Gasteiger partial charge on any atom is 0.322 e. The monoisotopic (exact) mass is 203 g/mol. The van der Waals surface area contributed by atoms with Gasteiger partial charge in [0, 0.05) is 6.42 Å². The predicted octanol–water partition coefficient (Wildman–Crippen LogP) is 0.954. The van der Waals surface area contributed by atoms with Crippen molar-refractivity contribution in [1.29, 1.82) is 0 Å². The first-order chi connectivity index (χ1) is 4.87. The highest BCUT2D eigenvalue weighted by molar-refractivity contribution is 5.85. The third-order valence-corrected chi connectivity index (χ3v) is 1.08. The van der Waals surface area contributed by atoms with Crippen molar-refractivity contribution in [2.24, 2.45) is 5.73 Å². The van der Waals surface area contributed by atoms with Gasteiger partial charge in [-0.1, -0.05) is 0 Å². The van der Waals surface area contributed by atoms with Crippen molar-refractivity contribution in [2.75, 3.05) is 7.11 Å². The molecule has 0 amide bonds. The number of ether oxygens (including phenoxy) is 1. The SMILES string of the molecule is COC(=O)C(N)CC(C)(F)F.Cl. The molecule has 0 aromatic heterocycles. The molecule has 3 nitrogen and oxygen atoms in total. The van der Waals surface area contributed by atoms with Crippen LogP contribution in [0.1, 0.15) is 13.3 Å². The number of hydrogen-bond acceptors (Lipinski definition) is 3. The first-order valence-electron chi connectivity index (χ1n) is 3.08. The first-order valence-corrected chi connectivity index (χ1v) is 3.08. The van der Waals surface area contributed by atoms with Crippen LogP contribution in [0.2, 0.25) is 0 Å². The van der Waals surface area contributed by atoms with Gasteiger partial charge in [0.15, 0.2) is 0 Å². The van der Waals surface area contributed by atoms with Gasteiger partial charge in [-0.05, 0) is 6.92 Å². The molecule has 1 unspecified atom stereocenters. The van der Waals surface area contributed by atoms with Crippen molar-refractivity contribution in [1.82, 2.24) is 0 Å². The number of carbonyl (C=O) groups is 1. The molecule has 0 rings (SSSR count). The zero-order valence-electron chi connectivity index (χ0n) is 6.84. The van der Waals surface area contributed by atoms with Crippen LogP contribution in [-0.4, -0.2) is 25.0 Å². The van der Waals surface area contributed by atoms with Gasteiger partial charge in [0.2, 0.25) is 5.92 Å². The molecule has 0 saturated carbocycles. The molecule has 1 atom stereocenters. The quantitative estimate of drug-likeness (QED) is 0.695. The number of methoxy groups -OCH3 is 1. The number of hydrogen-bond donors (Lipinski definition) is 1. The van der Waals surface area contributed by atoms with E-state index in [9.17, 15) is 13.6 Å². The molecule has 0 spiro atoms. The summed E-state index contributed by atoms with van der Waals surface area (Å²) in [5.41, 5.74) is 5.06. The number of nitrogens with two attached hydrogens (primary N) is 1. The Kier molecular flexibility index (Phi) is 6.20. The van der Waals surface area contributed by atoms with Gasteiger partial charge in [-0.25, -0.2) is 8.78 Å². The molecule has 2 N–H and O–H groups in total. The van der Waals surface area contributed by atoms with E-state index < -0.39 is 24.4 Å². The van der Waals surface area contributed by atoms with Gasteiger partial charge in [0.1, 0.15) is 6.04 Å². The van der Waals surface area contributed by atoms with Gasteiger partial charge in [0.25, 0.3) is 0 Å². The molecule has 0 heterocycles.